The maximum atomic E-state index is 6.11. The minimum Gasteiger partial charge on any atom is -0.396 e. The maximum Gasteiger partial charge on any atom is 0.102 e. The molecule has 0 saturated carbocycles. The van der Waals surface area contributed by atoms with Crippen LogP contribution in [-0.2, 0) is 0 Å². The van der Waals surface area contributed by atoms with Crippen LogP contribution in [0.15, 0.2) is 23.7 Å². The number of rotatable bonds is 0. The number of nitrogens with one attached hydrogen (secondary N) is 1. The van der Waals surface area contributed by atoms with Gasteiger partial charge in [0.25, 0.3) is 0 Å². The number of aromatic nitrogens is 1. The molecule has 0 aliphatic carbocycles. The molecule has 0 amide bonds. The fourth-order valence-electron chi connectivity index (χ4n) is 1.69. The number of fused-ring (bicyclic) bond motifs is 2. The van der Waals surface area contributed by atoms with Gasteiger partial charge in [0.05, 0.1) is 16.1 Å². The lowest BCUT2D eigenvalue weighted by molar-refractivity contribution is 1.20. The van der Waals surface area contributed by atoms with E-state index in [4.69, 9.17) is 17.3 Å². The quantitative estimate of drug-likeness (QED) is 0.771. The number of pyridine rings is 1. The van der Waals surface area contributed by atoms with Crippen molar-refractivity contribution in [2.24, 2.45) is 5.73 Å². The lowest BCUT2D eigenvalue weighted by Crippen LogP contribution is -2.32. The van der Waals surface area contributed by atoms with Gasteiger partial charge in [-0.3, -0.25) is 4.98 Å². The van der Waals surface area contributed by atoms with Crippen LogP contribution >= 0.6 is 35.3 Å². The Kier molecular flexibility index (Phi) is 3.28. The minimum atomic E-state index is 0. The van der Waals surface area contributed by atoms with Crippen LogP contribution < -0.4 is 21.6 Å². The molecule has 3 rings (SSSR count). The van der Waals surface area contributed by atoms with Gasteiger partial charge in [-0.2, -0.15) is 0 Å². The average Bonchev–Trinajstić information content (AvgIpc) is 2.69. The molecule has 0 saturated heterocycles. The Hall–Kier alpha value is -1.23. The maximum absolute atomic E-state index is 6.11. The Balaban J connectivity index is 0.00000108. The molecule has 0 fully saturated rings. The molecule has 0 spiro atoms. The van der Waals surface area contributed by atoms with Gasteiger partial charge >= 0.3 is 0 Å². The summed E-state index contributed by atoms with van der Waals surface area (Å²) in [5.41, 5.74) is 7.79. The molecule has 3 N–H and O–H groups in total. The highest BCUT2D eigenvalue weighted by Crippen LogP contribution is 2.26. The zero-order chi connectivity index (χ0) is 11.1. The van der Waals surface area contributed by atoms with E-state index in [1.165, 1.54) is 0 Å². The summed E-state index contributed by atoms with van der Waals surface area (Å²) in [6, 6.07) is 3.84. The molecule has 88 valence electrons. The molecule has 0 aromatic carbocycles. The second kappa shape index (κ2) is 4.56. The first-order chi connectivity index (χ1) is 7.75. The first-order valence-electron chi connectivity index (χ1n) is 4.71. The van der Waals surface area contributed by atoms with Gasteiger partial charge in [-0.25, -0.2) is 0 Å². The average molecular weight is 286 g/mol. The van der Waals surface area contributed by atoms with Crippen LogP contribution in [0.25, 0.3) is 11.9 Å². The molecular formula is C11H9Cl2N3S. The van der Waals surface area contributed by atoms with Crippen LogP contribution in [0.4, 0.5) is 5.00 Å². The number of nitrogens with zero attached hydrogens (tertiary/aromatic N) is 1. The highest BCUT2D eigenvalue weighted by atomic mass is 35.5. The van der Waals surface area contributed by atoms with Crippen LogP contribution in [0.1, 0.15) is 5.56 Å². The summed E-state index contributed by atoms with van der Waals surface area (Å²) in [7, 11) is 0. The van der Waals surface area contributed by atoms with Crippen molar-refractivity contribution in [1.29, 1.82) is 0 Å². The van der Waals surface area contributed by atoms with E-state index in [0.29, 0.717) is 10.7 Å². The van der Waals surface area contributed by atoms with Gasteiger partial charge < -0.3 is 11.1 Å². The largest absolute Gasteiger partial charge is 0.396 e. The molecule has 0 unspecified atom stereocenters. The molecule has 0 atom stereocenters. The van der Waals surface area contributed by atoms with Gasteiger partial charge in [0.1, 0.15) is 5.00 Å². The topological polar surface area (TPSA) is 50.9 Å². The second-order valence-electron chi connectivity index (χ2n) is 3.46. The Morgan fingerprint density at radius 2 is 2.24 bits per heavy atom. The monoisotopic (exact) mass is 285 g/mol. The smallest absolute Gasteiger partial charge is 0.102 e. The van der Waals surface area contributed by atoms with Crippen LogP contribution in [0.3, 0.4) is 0 Å². The second-order valence-corrected chi connectivity index (χ2v) is 4.81. The van der Waals surface area contributed by atoms with E-state index in [1.54, 1.807) is 17.5 Å². The fourth-order valence-corrected chi connectivity index (χ4v) is 2.63. The Morgan fingerprint density at radius 3 is 3.06 bits per heavy atom. The third kappa shape index (κ3) is 1.99. The third-order valence-corrected chi connectivity index (χ3v) is 3.51. The van der Waals surface area contributed by atoms with E-state index in [2.05, 4.69) is 10.3 Å². The normalized spacial score (nSPS) is 12.4. The van der Waals surface area contributed by atoms with Gasteiger partial charge in [-0.05, 0) is 17.5 Å². The molecule has 1 aliphatic heterocycles. The summed E-state index contributed by atoms with van der Waals surface area (Å²) >= 11 is 7.52. The van der Waals surface area contributed by atoms with Gasteiger partial charge in [-0.1, -0.05) is 11.6 Å². The van der Waals surface area contributed by atoms with Gasteiger partial charge in [0.2, 0.25) is 0 Å². The molecular weight excluding hydrogens is 277 g/mol. The lowest BCUT2D eigenvalue weighted by Gasteiger charge is -1.99. The highest BCUT2D eigenvalue weighted by Gasteiger charge is 2.10. The number of hydrogen-bond acceptors (Lipinski definition) is 4. The summed E-state index contributed by atoms with van der Waals surface area (Å²) in [6.07, 6.45) is 3.49. The Bertz CT molecular complexity index is 678. The van der Waals surface area contributed by atoms with Crippen LogP contribution in [0, 0.1) is 0 Å². The Morgan fingerprint density at radius 1 is 1.41 bits per heavy atom. The number of anilines is 1. The Labute approximate surface area is 113 Å². The third-order valence-electron chi connectivity index (χ3n) is 2.45. The van der Waals surface area contributed by atoms with E-state index in [0.717, 1.165) is 21.1 Å². The predicted octanol–water partition coefficient (Wildman–Crippen LogP) is 1.50. The SMILES string of the molecule is Cl.NC1=c2ncc(Cl)cc2=CNc2sccc21. The molecule has 3 nitrogen and oxygen atoms in total. The number of thiophene rings is 1. The van der Waals surface area contributed by atoms with Crippen molar-refractivity contribution in [2.45, 2.75) is 0 Å². The van der Waals surface area contributed by atoms with Crippen molar-refractivity contribution in [2.75, 3.05) is 5.32 Å². The number of halogens is 2. The van der Waals surface area contributed by atoms with Crippen molar-refractivity contribution < 1.29 is 0 Å². The van der Waals surface area contributed by atoms with Crippen LogP contribution in [0.5, 0.6) is 0 Å². The van der Waals surface area contributed by atoms with Gasteiger partial charge in [0.15, 0.2) is 0 Å². The summed E-state index contributed by atoms with van der Waals surface area (Å²) in [4.78, 5) is 4.28. The zero-order valence-corrected chi connectivity index (χ0v) is 11.0. The summed E-state index contributed by atoms with van der Waals surface area (Å²) < 4.78 is 0. The fraction of sp³-hybridized carbons (Fsp3) is 0. The van der Waals surface area contributed by atoms with Crippen molar-refractivity contribution in [3.05, 3.63) is 44.9 Å². The molecule has 2 aromatic heterocycles. The van der Waals surface area contributed by atoms with Crippen LogP contribution in [0.2, 0.25) is 5.02 Å². The van der Waals surface area contributed by atoms with E-state index in [-0.39, 0.29) is 12.4 Å². The van der Waals surface area contributed by atoms with E-state index < -0.39 is 0 Å². The first kappa shape index (κ1) is 12.2. The molecule has 6 heteroatoms. The van der Waals surface area contributed by atoms with Crippen molar-refractivity contribution in [3.63, 3.8) is 0 Å². The summed E-state index contributed by atoms with van der Waals surface area (Å²) in [5.74, 6) is 0. The molecule has 0 bridgehead atoms. The minimum absolute atomic E-state index is 0. The van der Waals surface area contributed by atoms with E-state index >= 15 is 0 Å². The van der Waals surface area contributed by atoms with Crippen molar-refractivity contribution >= 4 is 52.2 Å². The van der Waals surface area contributed by atoms with Crippen LogP contribution in [-0.4, -0.2) is 4.98 Å². The molecule has 0 radical (unpaired) electrons. The predicted molar refractivity (Wildman–Crippen MR) is 74.8 cm³/mol. The van der Waals surface area contributed by atoms with E-state index in [1.807, 2.05) is 23.7 Å². The van der Waals surface area contributed by atoms with Crippen molar-refractivity contribution in [3.8, 4) is 0 Å². The molecule has 3 heterocycles. The number of nitrogens with two attached hydrogens (primary N) is 1. The van der Waals surface area contributed by atoms with Gasteiger partial charge in [-0.15, -0.1) is 23.7 Å². The number of hydrogen-bond donors (Lipinski definition) is 2. The van der Waals surface area contributed by atoms with Crippen molar-refractivity contribution in [1.82, 2.24) is 4.98 Å². The standard InChI is InChI=1S/C11H8ClN3S.ClH/c12-7-3-6-4-15-11-8(1-2-16-11)9(13)10(6)14-5-7;/h1-5,15H,13H2;1H. The molecule has 17 heavy (non-hydrogen) atoms. The van der Waals surface area contributed by atoms with Gasteiger partial charge in [0, 0.05) is 23.2 Å². The molecule has 1 aliphatic rings. The zero-order valence-electron chi connectivity index (χ0n) is 8.61. The molecule has 2 aromatic rings. The lowest BCUT2D eigenvalue weighted by atomic mass is 10.2. The summed E-state index contributed by atoms with van der Waals surface area (Å²) in [6.45, 7) is 0. The van der Waals surface area contributed by atoms with E-state index in [9.17, 15) is 0 Å². The highest BCUT2D eigenvalue weighted by molar-refractivity contribution is 7.14. The summed E-state index contributed by atoms with van der Waals surface area (Å²) in [5, 5.41) is 8.54. The first-order valence-corrected chi connectivity index (χ1v) is 5.97.